The zero-order valence-electron chi connectivity index (χ0n) is 11.4. The topological polar surface area (TPSA) is 6.48 Å². The van der Waals surface area contributed by atoms with E-state index in [1.54, 1.807) is 0 Å². The molecule has 5 heteroatoms. The van der Waals surface area contributed by atoms with Crippen LogP contribution in [0, 0.1) is 17.6 Å². The van der Waals surface area contributed by atoms with Gasteiger partial charge in [0.2, 0.25) is 0 Å². The second-order valence-electron chi connectivity index (χ2n) is 5.77. The molecule has 1 aromatic carbocycles. The third kappa shape index (κ3) is 3.07. The first kappa shape index (κ1) is 14.1. The van der Waals surface area contributed by atoms with Gasteiger partial charge in [-0.2, -0.15) is 0 Å². The van der Waals surface area contributed by atoms with Crippen LogP contribution in [0.2, 0.25) is 0 Å². The van der Waals surface area contributed by atoms with Crippen LogP contribution in [0.4, 0.5) is 14.5 Å². The number of nitrogens with zero attached hydrogens (tertiary/aromatic N) is 2. The predicted octanol–water partition coefficient (Wildman–Crippen LogP) is 3.24. The van der Waals surface area contributed by atoms with Crippen LogP contribution in [0.1, 0.15) is 18.4 Å². The summed E-state index contributed by atoms with van der Waals surface area (Å²) in [6, 6.07) is 2.67. The minimum Gasteiger partial charge on any atom is -0.364 e. The highest BCUT2D eigenvalue weighted by Crippen LogP contribution is 2.31. The molecule has 1 aromatic rings. The summed E-state index contributed by atoms with van der Waals surface area (Å²) < 4.78 is 28.1. The lowest BCUT2D eigenvalue weighted by atomic mass is 10.1. The van der Waals surface area contributed by atoms with E-state index in [0.29, 0.717) is 18.7 Å². The van der Waals surface area contributed by atoms with Crippen molar-refractivity contribution in [3.05, 3.63) is 29.3 Å². The Morgan fingerprint density at radius 3 is 2.15 bits per heavy atom. The van der Waals surface area contributed by atoms with Crippen LogP contribution >= 0.6 is 11.6 Å². The van der Waals surface area contributed by atoms with Gasteiger partial charge in [-0.25, -0.2) is 8.78 Å². The summed E-state index contributed by atoms with van der Waals surface area (Å²) in [6.07, 6.45) is 2.67. The lowest BCUT2D eigenvalue weighted by molar-refractivity contribution is 0.247. The molecule has 0 unspecified atom stereocenters. The number of alkyl halides is 1. The Balaban J connectivity index is 1.67. The fraction of sp³-hybridized carbons (Fsp3) is 0.600. The molecule has 0 amide bonds. The molecule has 3 rings (SSSR count). The average Bonchev–Trinajstić information content (AvgIpc) is 3.23. The molecule has 0 atom stereocenters. The lowest BCUT2D eigenvalue weighted by Gasteiger charge is -2.36. The molecule has 2 nitrogen and oxygen atoms in total. The number of halogens is 3. The maximum absolute atomic E-state index is 14.0. The van der Waals surface area contributed by atoms with E-state index in [4.69, 9.17) is 11.6 Å². The van der Waals surface area contributed by atoms with Crippen molar-refractivity contribution in [2.24, 2.45) is 5.92 Å². The van der Waals surface area contributed by atoms with Crippen LogP contribution in [0.3, 0.4) is 0 Å². The van der Waals surface area contributed by atoms with E-state index >= 15 is 0 Å². The zero-order valence-corrected chi connectivity index (χ0v) is 12.2. The van der Waals surface area contributed by atoms with E-state index < -0.39 is 11.6 Å². The summed E-state index contributed by atoms with van der Waals surface area (Å²) in [6.45, 7) is 4.27. The highest BCUT2D eigenvalue weighted by molar-refractivity contribution is 6.17. The number of piperazine rings is 1. The maximum atomic E-state index is 14.0. The van der Waals surface area contributed by atoms with E-state index in [0.717, 1.165) is 25.6 Å². The van der Waals surface area contributed by atoms with Gasteiger partial charge in [0.25, 0.3) is 0 Å². The molecule has 0 aromatic heterocycles. The molecule has 2 aliphatic rings. The molecule has 0 N–H and O–H groups in total. The molecule has 1 aliphatic carbocycles. The summed E-state index contributed by atoms with van der Waals surface area (Å²) in [4.78, 5) is 4.21. The summed E-state index contributed by atoms with van der Waals surface area (Å²) in [5, 5.41) is 0. The molecule has 1 saturated carbocycles. The normalized spacial score (nSPS) is 20.4. The van der Waals surface area contributed by atoms with Gasteiger partial charge in [-0.15, -0.1) is 11.6 Å². The SMILES string of the molecule is Fc1cc(CCl)cc(F)c1N1CCN(CC2CC2)CC1. The number of rotatable bonds is 4. The van der Waals surface area contributed by atoms with Gasteiger partial charge < -0.3 is 4.90 Å². The molecule has 0 spiro atoms. The van der Waals surface area contributed by atoms with Crippen molar-refractivity contribution >= 4 is 17.3 Å². The summed E-state index contributed by atoms with van der Waals surface area (Å²) in [5.41, 5.74) is 0.586. The molecule has 0 bridgehead atoms. The largest absolute Gasteiger partial charge is 0.364 e. The Hall–Kier alpha value is -0.870. The molecule has 20 heavy (non-hydrogen) atoms. The highest BCUT2D eigenvalue weighted by atomic mass is 35.5. The molecule has 2 fully saturated rings. The van der Waals surface area contributed by atoms with Crippen molar-refractivity contribution in [3.8, 4) is 0 Å². The van der Waals surface area contributed by atoms with Gasteiger partial charge in [-0.05, 0) is 36.5 Å². The zero-order chi connectivity index (χ0) is 14.1. The molecule has 1 heterocycles. The Kier molecular flexibility index (Phi) is 4.13. The van der Waals surface area contributed by atoms with Crippen molar-refractivity contribution in [2.75, 3.05) is 37.6 Å². The van der Waals surface area contributed by atoms with Gasteiger partial charge in [0.15, 0.2) is 0 Å². The first-order valence-corrected chi connectivity index (χ1v) is 7.72. The van der Waals surface area contributed by atoms with Crippen LogP contribution in [0.5, 0.6) is 0 Å². The number of anilines is 1. The predicted molar refractivity (Wildman–Crippen MR) is 77.3 cm³/mol. The van der Waals surface area contributed by atoms with Gasteiger partial charge in [0.05, 0.1) is 0 Å². The van der Waals surface area contributed by atoms with Crippen molar-refractivity contribution in [1.29, 1.82) is 0 Å². The monoisotopic (exact) mass is 300 g/mol. The Bertz CT molecular complexity index is 460. The molecular formula is C15H19ClF2N2. The first-order valence-electron chi connectivity index (χ1n) is 7.18. The quantitative estimate of drug-likeness (QED) is 0.788. The standard InChI is InChI=1S/C15H19ClF2N2/c16-9-12-7-13(17)15(14(18)8-12)20-5-3-19(4-6-20)10-11-1-2-11/h7-8,11H,1-6,9-10H2. The van der Waals surface area contributed by atoms with Crippen LogP contribution < -0.4 is 4.90 Å². The minimum absolute atomic E-state index is 0.102. The molecule has 0 radical (unpaired) electrons. The van der Waals surface area contributed by atoms with Gasteiger partial charge in [0.1, 0.15) is 17.3 Å². The minimum atomic E-state index is -0.503. The third-order valence-electron chi connectivity index (χ3n) is 4.13. The van der Waals surface area contributed by atoms with Gasteiger partial charge in [0, 0.05) is 38.6 Å². The smallest absolute Gasteiger partial charge is 0.149 e. The Labute approximate surface area is 123 Å². The van der Waals surface area contributed by atoms with Crippen LogP contribution in [-0.2, 0) is 5.88 Å². The number of benzene rings is 1. The fourth-order valence-corrected chi connectivity index (χ4v) is 2.97. The van der Waals surface area contributed by atoms with E-state index in [-0.39, 0.29) is 11.6 Å². The molecule has 110 valence electrons. The summed E-state index contributed by atoms with van der Waals surface area (Å²) in [7, 11) is 0. The number of hydrogen-bond donors (Lipinski definition) is 0. The van der Waals surface area contributed by atoms with Crippen molar-refractivity contribution < 1.29 is 8.78 Å². The van der Waals surface area contributed by atoms with E-state index in [1.165, 1.54) is 25.0 Å². The van der Waals surface area contributed by atoms with Crippen molar-refractivity contribution in [1.82, 2.24) is 4.90 Å². The number of hydrogen-bond acceptors (Lipinski definition) is 2. The van der Waals surface area contributed by atoms with Gasteiger partial charge >= 0.3 is 0 Å². The van der Waals surface area contributed by atoms with Gasteiger partial charge in [-0.1, -0.05) is 0 Å². The molecular weight excluding hydrogens is 282 g/mol. The fourth-order valence-electron chi connectivity index (χ4n) is 2.82. The second-order valence-corrected chi connectivity index (χ2v) is 6.04. The van der Waals surface area contributed by atoms with Crippen molar-refractivity contribution in [3.63, 3.8) is 0 Å². The van der Waals surface area contributed by atoms with Crippen molar-refractivity contribution in [2.45, 2.75) is 18.7 Å². The Morgan fingerprint density at radius 1 is 1.05 bits per heavy atom. The van der Waals surface area contributed by atoms with Crippen LogP contribution in [0.15, 0.2) is 12.1 Å². The van der Waals surface area contributed by atoms with Gasteiger partial charge in [-0.3, -0.25) is 4.90 Å². The maximum Gasteiger partial charge on any atom is 0.149 e. The molecule has 1 aliphatic heterocycles. The summed E-state index contributed by atoms with van der Waals surface area (Å²) >= 11 is 5.63. The first-order chi connectivity index (χ1) is 9.67. The van der Waals surface area contributed by atoms with Crippen LogP contribution in [0.25, 0.3) is 0 Å². The van der Waals surface area contributed by atoms with E-state index in [9.17, 15) is 8.78 Å². The van der Waals surface area contributed by atoms with Crippen LogP contribution in [-0.4, -0.2) is 37.6 Å². The molecule has 1 saturated heterocycles. The second kappa shape index (κ2) is 5.86. The van der Waals surface area contributed by atoms with E-state index in [2.05, 4.69) is 4.90 Å². The lowest BCUT2D eigenvalue weighted by Crippen LogP contribution is -2.47. The average molecular weight is 301 g/mol. The van der Waals surface area contributed by atoms with E-state index in [1.807, 2.05) is 4.90 Å². The summed E-state index contributed by atoms with van der Waals surface area (Å²) in [5.74, 6) is -0.0193. The third-order valence-corrected chi connectivity index (χ3v) is 4.44. The Morgan fingerprint density at radius 2 is 1.65 bits per heavy atom. The highest BCUT2D eigenvalue weighted by Gasteiger charge is 2.28.